The highest BCUT2D eigenvalue weighted by molar-refractivity contribution is 6.29. The Hall–Kier alpha value is -1.22. The summed E-state index contributed by atoms with van der Waals surface area (Å²) < 4.78 is 5.92. The molecule has 4 heteroatoms. The van der Waals surface area contributed by atoms with E-state index in [4.69, 9.17) is 16.3 Å². The third-order valence-corrected chi connectivity index (χ3v) is 3.38. The van der Waals surface area contributed by atoms with Crippen molar-refractivity contribution < 1.29 is 9.53 Å². The molecule has 1 aliphatic heterocycles. The summed E-state index contributed by atoms with van der Waals surface area (Å²) in [4.78, 5) is 13.5. The number of carbonyl (C=O) groups excluding carboxylic acids is 1. The van der Waals surface area contributed by atoms with Gasteiger partial charge in [-0.25, -0.2) is 0 Å². The highest BCUT2D eigenvalue weighted by Gasteiger charge is 2.51. The van der Waals surface area contributed by atoms with Gasteiger partial charge in [-0.3, -0.25) is 4.79 Å². The first-order valence-electron chi connectivity index (χ1n) is 5.38. The number of carbonyl (C=O) groups is 1. The summed E-state index contributed by atoms with van der Waals surface area (Å²) in [5, 5.41) is 0. The third kappa shape index (κ3) is 1.47. The summed E-state index contributed by atoms with van der Waals surface area (Å²) in [5.74, 6) is 0.762. The van der Waals surface area contributed by atoms with Crippen molar-refractivity contribution in [2.24, 2.45) is 0 Å². The van der Waals surface area contributed by atoms with Gasteiger partial charge in [0.25, 0.3) is 0 Å². The van der Waals surface area contributed by atoms with Crippen molar-refractivity contribution in [3.63, 3.8) is 0 Å². The van der Waals surface area contributed by atoms with Crippen LogP contribution < -0.4 is 9.64 Å². The zero-order chi connectivity index (χ0) is 11.2. The van der Waals surface area contributed by atoms with Crippen LogP contribution in [-0.2, 0) is 4.79 Å². The molecule has 0 unspecified atom stereocenters. The standard InChI is InChI=1S/C12H12ClNO2/c13-7-11(15)14-8-12(5-6-12)16-10-4-2-1-3-9(10)14/h1-4H,5-8H2. The van der Waals surface area contributed by atoms with Gasteiger partial charge in [0.05, 0.1) is 12.2 Å². The number of ether oxygens (including phenoxy) is 1. The molecule has 0 N–H and O–H groups in total. The lowest BCUT2D eigenvalue weighted by Crippen LogP contribution is -2.45. The van der Waals surface area contributed by atoms with Gasteiger partial charge < -0.3 is 9.64 Å². The molecular weight excluding hydrogens is 226 g/mol. The van der Waals surface area contributed by atoms with Crippen LogP contribution in [0.15, 0.2) is 24.3 Å². The quantitative estimate of drug-likeness (QED) is 0.701. The molecule has 0 atom stereocenters. The van der Waals surface area contributed by atoms with E-state index in [1.807, 2.05) is 24.3 Å². The second-order valence-electron chi connectivity index (χ2n) is 4.37. The summed E-state index contributed by atoms with van der Waals surface area (Å²) in [5.41, 5.74) is 0.710. The van der Waals surface area contributed by atoms with Gasteiger partial charge in [0.2, 0.25) is 5.91 Å². The highest BCUT2D eigenvalue weighted by atomic mass is 35.5. The lowest BCUT2D eigenvalue weighted by Gasteiger charge is -2.34. The molecule has 16 heavy (non-hydrogen) atoms. The molecule has 0 radical (unpaired) electrons. The van der Waals surface area contributed by atoms with Crippen LogP contribution in [0, 0.1) is 0 Å². The van der Waals surface area contributed by atoms with Crippen LogP contribution in [0.3, 0.4) is 0 Å². The van der Waals surface area contributed by atoms with Gasteiger partial charge >= 0.3 is 0 Å². The van der Waals surface area contributed by atoms with Gasteiger partial charge in [0, 0.05) is 0 Å². The van der Waals surface area contributed by atoms with Crippen LogP contribution >= 0.6 is 11.6 Å². The predicted molar refractivity (Wildman–Crippen MR) is 62.1 cm³/mol. The van der Waals surface area contributed by atoms with Gasteiger partial charge in [0.1, 0.15) is 17.2 Å². The zero-order valence-electron chi connectivity index (χ0n) is 8.78. The molecule has 1 aromatic carbocycles. The predicted octanol–water partition coefficient (Wildman–Crippen LogP) is 2.18. The molecular formula is C12H12ClNO2. The highest BCUT2D eigenvalue weighted by Crippen LogP contribution is 2.48. The number of alkyl halides is 1. The Bertz CT molecular complexity index is 442. The van der Waals surface area contributed by atoms with Crippen molar-refractivity contribution in [3.8, 4) is 5.75 Å². The van der Waals surface area contributed by atoms with Gasteiger partial charge in [-0.15, -0.1) is 11.6 Å². The monoisotopic (exact) mass is 237 g/mol. The van der Waals surface area contributed by atoms with Crippen molar-refractivity contribution in [1.29, 1.82) is 0 Å². The molecule has 1 heterocycles. The Balaban J connectivity index is 2.02. The summed E-state index contributed by atoms with van der Waals surface area (Å²) in [7, 11) is 0. The molecule has 3 rings (SSSR count). The average Bonchev–Trinajstić information content (AvgIpc) is 3.06. The topological polar surface area (TPSA) is 29.5 Å². The van der Waals surface area contributed by atoms with E-state index in [1.165, 1.54) is 0 Å². The van der Waals surface area contributed by atoms with Crippen LogP contribution in [0.2, 0.25) is 0 Å². The Labute approximate surface area is 98.9 Å². The van der Waals surface area contributed by atoms with E-state index in [2.05, 4.69) is 0 Å². The van der Waals surface area contributed by atoms with Crippen LogP contribution in [0.4, 0.5) is 5.69 Å². The van der Waals surface area contributed by atoms with E-state index in [0.717, 1.165) is 24.3 Å². The van der Waals surface area contributed by atoms with Gasteiger partial charge in [-0.2, -0.15) is 0 Å². The number of nitrogens with zero attached hydrogens (tertiary/aromatic N) is 1. The fourth-order valence-corrected chi connectivity index (χ4v) is 2.24. The second kappa shape index (κ2) is 3.39. The molecule has 84 valence electrons. The summed E-state index contributed by atoms with van der Waals surface area (Å²) in [6.45, 7) is 0.634. The minimum atomic E-state index is -0.129. The first-order chi connectivity index (χ1) is 7.74. The van der Waals surface area contributed by atoms with E-state index in [9.17, 15) is 4.79 Å². The van der Waals surface area contributed by atoms with Crippen LogP contribution in [0.25, 0.3) is 0 Å². The Morgan fingerprint density at radius 2 is 2.19 bits per heavy atom. The average molecular weight is 238 g/mol. The minimum Gasteiger partial charge on any atom is -0.483 e. The Kier molecular flexibility index (Phi) is 2.11. The second-order valence-corrected chi connectivity index (χ2v) is 4.63. The van der Waals surface area contributed by atoms with E-state index < -0.39 is 0 Å². The molecule has 0 saturated heterocycles. The van der Waals surface area contributed by atoms with E-state index >= 15 is 0 Å². The van der Waals surface area contributed by atoms with Crippen LogP contribution in [0.1, 0.15) is 12.8 Å². The molecule has 2 aliphatic rings. The number of amides is 1. The lowest BCUT2D eigenvalue weighted by atomic mass is 10.1. The number of hydrogen-bond donors (Lipinski definition) is 0. The molecule has 0 bridgehead atoms. The number of hydrogen-bond acceptors (Lipinski definition) is 2. The van der Waals surface area contributed by atoms with E-state index in [-0.39, 0.29) is 17.4 Å². The van der Waals surface area contributed by atoms with Crippen LogP contribution in [0.5, 0.6) is 5.75 Å². The van der Waals surface area contributed by atoms with Crippen molar-refractivity contribution >= 4 is 23.2 Å². The zero-order valence-corrected chi connectivity index (χ0v) is 9.54. The molecule has 1 aliphatic carbocycles. The summed E-state index contributed by atoms with van der Waals surface area (Å²) in [6, 6.07) is 7.63. The number of fused-ring (bicyclic) bond motifs is 1. The molecule has 1 fully saturated rings. The smallest absolute Gasteiger partial charge is 0.242 e. The number of halogens is 1. The van der Waals surface area contributed by atoms with E-state index in [0.29, 0.717) is 6.54 Å². The van der Waals surface area contributed by atoms with Gasteiger partial charge in [-0.1, -0.05) is 12.1 Å². The normalized spacial score (nSPS) is 20.2. The first-order valence-corrected chi connectivity index (χ1v) is 5.92. The first kappa shape index (κ1) is 9.97. The third-order valence-electron chi connectivity index (χ3n) is 3.15. The summed E-state index contributed by atoms with van der Waals surface area (Å²) >= 11 is 5.63. The van der Waals surface area contributed by atoms with Gasteiger partial charge in [-0.05, 0) is 25.0 Å². The van der Waals surface area contributed by atoms with Gasteiger partial charge in [0.15, 0.2) is 0 Å². The Morgan fingerprint density at radius 3 is 2.88 bits per heavy atom. The molecule has 1 amide bonds. The summed E-state index contributed by atoms with van der Waals surface area (Å²) in [6.07, 6.45) is 2.04. The van der Waals surface area contributed by atoms with Crippen molar-refractivity contribution in [2.45, 2.75) is 18.4 Å². The number of para-hydroxylation sites is 2. The minimum absolute atomic E-state index is 0.0183. The number of rotatable bonds is 1. The van der Waals surface area contributed by atoms with Crippen molar-refractivity contribution in [1.82, 2.24) is 0 Å². The maximum absolute atomic E-state index is 11.8. The molecule has 3 nitrogen and oxygen atoms in total. The molecule has 1 spiro atoms. The number of anilines is 1. The molecule has 1 aromatic rings. The van der Waals surface area contributed by atoms with Crippen molar-refractivity contribution in [3.05, 3.63) is 24.3 Å². The fourth-order valence-electron chi connectivity index (χ4n) is 2.10. The lowest BCUT2D eigenvalue weighted by molar-refractivity contribution is -0.116. The molecule has 0 aromatic heterocycles. The van der Waals surface area contributed by atoms with Crippen molar-refractivity contribution in [2.75, 3.05) is 17.3 Å². The van der Waals surface area contributed by atoms with E-state index in [1.54, 1.807) is 4.90 Å². The van der Waals surface area contributed by atoms with Crippen LogP contribution in [-0.4, -0.2) is 23.9 Å². The SMILES string of the molecule is O=C(CCl)N1CC2(CC2)Oc2ccccc21. The maximum atomic E-state index is 11.8. The molecule has 1 saturated carbocycles. The Morgan fingerprint density at radius 1 is 1.44 bits per heavy atom. The fraction of sp³-hybridized carbons (Fsp3) is 0.417. The largest absolute Gasteiger partial charge is 0.483 e. The maximum Gasteiger partial charge on any atom is 0.242 e. The number of benzene rings is 1.